The van der Waals surface area contributed by atoms with Crippen molar-refractivity contribution in [3.63, 3.8) is 0 Å². The summed E-state index contributed by atoms with van der Waals surface area (Å²) in [7, 11) is 0. The van der Waals surface area contributed by atoms with Crippen LogP contribution in [0.25, 0.3) is 0 Å². The van der Waals surface area contributed by atoms with Crippen molar-refractivity contribution in [2.45, 2.75) is 96.4 Å². The summed E-state index contributed by atoms with van der Waals surface area (Å²) < 4.78 is 0. The van der Waals surface area contributed by atoms with E-state index in [0.29, 0.717) is 0 Å². The Labute approximate surface area is 243 Å². The van der Waals surface area contributed by atoms with Gasteiger partial charge < -0.3 is 48.7 Å². The molecule has 0 aromatic carbocycles. The molecule has 6 amide bonds. The average molecular weight is 602 g/mol. The highest BCUT2D eigenvalue weighted by molar-refractivity contribution is 5.97. The summed E-state index contributed by atoms with van der Waals surface area (Å²) in [4.78, 5) is 97.0. The first-order valence-corrected chi connectivity index (χ1v) is 13.3. The fourth-order valence-electron chi connectivity index (χ4n) is 3.75. The zero-order chi connectivity index (χ0) is 32.7. The van der Waals surface area contributed by atoms with Crippen LogP contribution in [0.4, 0.5) is 0 Å². The standard InChI is InChI=1S/C25H43N7O10/c1-11(2)7-15(23(39)32-17(25(41)42)8-12(3)4)30-24(40)16(10-19(28)34)31-22(38)14(5-6-20(35)36)29-21(37)13(26)9-18(27)33/h11-17H,5-10,26H2,1-4H3,(H2,27,33)(H2,28,34)(H,29,37)(H,30,40)(H,31,38)(H,32,39)(H,35,36)(H,41,42). The van der Waals surface area contributed by atoms with Crippen LogP contribution >= 0.6 is 0 Å². The molecule has 12 N–H and O–H groups in total. The second kappa shape index (κ2) is 18.2. The van der Waals surface area contributed by atoms with Crippen LogP contribution in [0.1, 0.15) is 66.2 Å². The van der Waals surface area contributed by atoms with Gasteiger partial charge >= 0.3 is 11.9 Å². The zero-order valence-electron chi connectivity index (χ0n) is 24.2. The van der Waals surface area contributed by atoms with E-state index in [1.54, 1.807) is 27.7 Å². The maximum atomic E-state index is 13.2. The number of primary amides is 2. The highest BCUT2D eigenvalue weighted by atomic mass is 16.4. The summed E-state index contributed by atoms with van der Waals surface area (Å²) in [5.41, 5.74) is 15.8. The van der Waals surface area contributed by atoms with Gasteiger partial charge in [-0.05, 0) is 31.1 Å². The van der Waals surface area contributed by atoms with E-state index in [4.69, 9.17) is 22.3 Å². The molecule has 0 spiro atoms. The highest BCUT2D eigenvalue weighted by Crippen LogP contribution is 2.10. The number of rotatable bonds is 20. The zero-order valence-corrected chi connectivity index (χ0v) is 24.2. The van der Waals surface area contributed by atoms with E-state index < -0.39 is 103 Å². The molecule has 17 heteroatoms. The minimum atomic E-state index is -1.66. The summed E-state index contributed by atoms with van der Waals surface area (Å²) in [6.07, 6.45) is -2.15. The number of hydrogen-bond donors (Lipinski definition) is 9. The van der Waals surface area contributed by atoms with Crippen molar-refractivity contribution < 1.29 is 48.6 Å². The lowest BCUT2D eigenvalue weighted by molar-refractivity contribution is -0.143. The average Bonchev–Trinajstić information content (AvgIpc) is 2.83. The Balaban J connectivity index is 5.94. The number of hydrogen-bond acceptors (Lipinski definition) is 9. The lowest BCUT2D eigenvalue weighted by atomic mass is 10.00. The molecule has 0 aromatic rings. The van der Waals surface area contributed by atoms with E-state index in [0.717, 1.165) is 0 Å². The number of nitrogens with two attached hydrogens (primary N) is 3. The minimum absolute atomic E-state index is 0.0673. The number of carbonyl (C=O) groups excluding carboxylic acids is 6. The molecular weight excluding hydrogens is 558 g/mol. The largest absolute Gasteiger partial charge is 0.481 e. The first-order valence-electron chi connectivity index (χ1n) is 13.3. The normalized spacial score (nSPS) is 14.5. The monoisotopic (exact) mass is 601 g/mol. The van der Waals surface area contributed by atoms with Gasteiger partial charge in [0.1, 0.15) is 24.2 Å². The molecule has 5 atom stereocenters. The Morgan fingerprint density at radius 3 is 1.45 bits per heavy atom. The van der Waals surface area contributed by atoms with Gasteiger partial charge in [0.05, 0.1) is 18.9 Å². The Hall–Kier alpha value is -4.28. The Morgan fingerprint density at radius 2 is 1.00 bits per heavy atom. The number of nitrogens with one attached hydrogen (secondary N) is 4. The van der Waals surface area contributed by atoms with Crippen LogP contribution < -0.4 is 38.5 Å². The van der Waals surface area contributed by atoms with Crippen molar-refractivity contribution in [3.05, 3.63) is 0 Å². The van der Waals surface area contributed by atoms with Crippen LogP contribution in [0.2, 0.25) is 0 Å². The Kier molecular flexibility index (Phi) is 16.4. The maximum Gasteiger partial charge on any atom is 0.326 e. The molecule has 0 aliphatic rings. The van der Waals surface area contributed by atoms with Gasteiger partial charge in [-0.3, -0.25) is 33.6 Å². The van der Waals surface area contributed by atoms with Crippen LogP contribution in [-0.2, 0) is 38.4 Å². The van der Waals surface area contributed by atoms with Crippen LogP contribution in [-0.4, -0.2) is 87.8 Å². The van der Waals surface area contributed by atoms with E-state index in [-0.39, 0.29) is 24.7 Å². The van der Waals surface area contributed by atoms with Crippen LogP contribution in [0.5, 0.6) is 0 Å². The maximum absolute atomic E-state index is 13.2. The van der Waals surface area contributed by atoms with Gasteiger partial charge in [0, 0.05) is 6.42 Å². The molecule has 5 unspecified atom stereocenters. The SMILES string of the molecule is CC(C)CC(NC(=O)C(CC(C)C)NC(=O)C(CC(N)=O)NC(=O)C(CCC(=O)O)NC(=O)C(N)CC(N)=O)C(=O)O. The predicted octanol–water partition coefficient (Wildman–Crippen LogP) is -2.95. The fourth-order valence-corrected chi connectivity index (χ4v) is 3.75. The lowest BCUT2D eigenvalue weighted by Gasteiger charge is -2.27. The summed E-state index contributed by atoms with van der Waals surface area (Å²) in [5, 5.41) is 27.7. The second-order valence-electron chi connectivity index (χ2n) is 10.7. The third kappa shape index (κ3) is 15.5. The third-order valence-electron chi connectivity index (χ3n) is 5.74. The minimum Gasteiger partial charge on any atom is -0.481 e. The molecule has 0 rings (SSSR count). The third-order valence-corrected chi connectivity index (χ3v) is 5.74. The number of amides is 6. The Morgan fingerprint density at radius 1 is 0.595 bits per heavy atom. The van der Waals surface area contributed by atoms with E-state index in [2.05, 4.69) is 21.3 Å². The van der Waals surface area contributed by atoms with Crippen molar-refractivity contribution >= 4 is 47.4 Å². The van der Waals surface area contributed by atoms with Gasteiger partial charge in [0.2, 0.25) is 35.4 Å². The molecule has 0 radical (unpaired) electrons. The molecule has 17 nitrogen and oxygen atoms in total. The van der Waals surface area contributed by atoms with Gasteiger partial charge in [-0.25, -0.2) is 4.79 Å². The van der Waals surface area contributed by atoms with Crippen molar-refractivity contribution in [1.29, 1.82) is 0 Å². The lowest BCUT2D eigenvalue weighted by Crippen LogP contribution is -2.59. The van der Waals surface area contributed by atoms with Crippen LogP contribution in [0.15, 0.2) is 0 Å². The number of carbonyl (C=O) groups is 8. The first kappa shape index (κ1) is 37.7. The van der Waals surface area contributed by atoms with Gasteiger partial charge in [-0.2, -0.15) is 0 Å². The fraction of sp³-hybridized carbons (Fsp3) is 0.680. The molecule has 0 aliphatic carbocycles. The van der Waals surface area contributed by atoms with Gasteiger partial charge in [0.15, 0.2) is 0 Å². The van der Waals surface area contributed by atoms with Crippen LogP contribution in [0, 0.1) is 11.8 Å². The molecule has 0 saturated heterocycles. The molecule has 0 heterocycles. The summed E-state index contributed by atoms with van der Waals surface area (Å²) in [6, 6.07) is -7.16. The van der Waals surface area contributed by atoms with E-state index in [1.165, 1.54) is 0 Å². The van der Waals surface area contributed by atoms with Gasteiger partial charge in [0.25, 0.3) is 0 Å². The van der Waals surface area contributed by atoms with E-state index in [1.807, 2.05) is 0 Å². The summed E-state index contributed by atoms with van der Waals surface area (Å²) in [6.45, 7) is 7.03. The number of aliphatic carboxylic acids is 2. The molecule has 42 heavy (non-hydrogen) atoms. The highest BCUT2D eigenvalue weighted by Gasteiger charge is 2.33. The van der Waals surface area contributed by atoms with Crippen molar-refractivity contribution in [2.24, 2.45) is 29.0 Å². The summed E-state index contributed by atoms with van der Waals surface area (Å²) in [5.74, 6) is -8.62. The Bertz CT molecular complexity index is 1020. The molecular formula is C25H43N7O10. The first-order chi connectivity index (χ1) is 19.3. The van der Waals surface area contributed by atoms with E-state index in [9.17, 15) is 43.5 Å². The molecule has 0 aliphatic heterocycles. The van der Waals surface area contributed by atoms with Crippen molar-refractivity contribution in [2.75, 3.05) is 0 Å². The molecule has 0 bridgehead atoms. The van der Waals surface area contributed by atoms with E-state index >= 15 is 0 Å². The predicted molar refractivity (Wildman–Crippen MR) is 147 cm³/mol. The van der Waals surface area contributed by atoms with Gasteiger partial charge in [-0.1, -0.05) is 27.7 Å². The molecule has 0 saturated carbocycles. The molecule has 0 fully saturated rings. The van der Waals surface area contributed by atoms with Crippen molar-refractivity contribution in [3.8, 4) is 0 Å². The topological polar surface area (TPSA) is 303 Å². The molecule has 238 valence electrons. The smallest absolute Gasteiger partial charge is 0.326 e. The van der Waals surface area contributed by atoms with Crippen molar-refractivity contribution in [1.82, 2.24) is 21.3 Å². The number of carboxylic acids is 2. The van der Waals surface area contributed by atoms with Gasteiger partial charge in [-0.15, -0.1) is 0 Å². The molecule has 0 aromatic heterocycles. The quantitative estimate of drug-likeness (QED) is 0.0679. The second-order valence-corrected chi connectivity index (χ2v) is 10.7. The summed E-state index contributed by atoms with van der Waals surface area (Å²) >= 11 is 0. The van der Waals surface area contributed by atoms with Crippen LogP contribution in [0.3, 0.4) is 0 Å². The number of carboxylic acid groups (broad SMARTS) is 2.